The van der Waals surface area contributed by atoms with Crippen LogP contribution in [-0.4, -0.2) is 44.7 Å². The summed E-state index contributed by atoms with van der Waals surface area (Å²) in [5.41, 5.74) is 0.544. The first-order valence-corrected chi connectivity index (χ1v) is 11.8. The molecule has 0 aliphatic rings. The highest BCUT2D eigenvalue weighted by molar-refractivity contribution is 7.92. The molecule has 0 aliphatic carbocycles. The van der Waals surface area contributed by atoms with Crippen LogP contribution in [0.5, 0.6) is 0 Å². The molecule has 0 bridgehead atoms. The number of amides is 1. The second-order valence-electron chi connectivity index (χ2n) is 7.31. The van der Waals surface area contributed by atoms with Crippen LogP contribution in [0.15, 0.2) is 48.7 Å². The minimum absolute atomic E-state index is 0.0152. The molecule has 0 fully saturated rings. The van der Waals surface area contributed by atoms with Gasteiger partial charge in [0.05, 0.1) is 41.6 Å². The number of nitrogens with one attached hydrogen (secondary N) is 3. The van der Waals surface area contributed by atoms with Crippen molar-refractivity contribution in [1.29, 1.82) is 0 Å². The van der Waals surface area contributed by atoms with Crippen LogP contribution in [0.25, 0.3) is 0 Å². The van der Waals surface area contributed by atoms with Crippen molar-refractivity contribution in [3.05, 3.63) is 65.7 Å². The number of hydrogen-bond acceptors (Lipinski definition) is 8. The Morgan fingerprint density at radius 1 is 1.06 bits per heavy atom. The summed E-state index contributed by atoms with van der Waals surface area (Å²) in [6.07, 6.45) is -2.78. The van der Waals surface area contributed by atoms with Crippen LogP contribution in [0, 0.1) is 5.95 Å². The van der Waals surface area contributed by atoms with Crippen LogP contribution < -0.4 is 20.4 Å². The van der Waals surface area contributed by atoms with Crippen molar-refractivity contribution < 1.29 is 35.6 Å². The normalized spacial score (nSPS) is 11.6. The number of anilines is 5. The summed E-state index contributed by atoms with van der Waals surface area (Å²) in [6.45, 7) is 0. The molecule has 0 spiro atoms. The molecule has 2 aromatic heterocycles. The molecule has 36 heavy (non-hydrogen) atoms. The van der Waals surface area contributed by atoms with Gasteiger partial charge in [-0.25, -0.2) is 23.9 Å². The molecule has 0 radical (unpaired) electrons. The summed E-state index contributed by atoms with van der Waals surface area (Å²) in [5, 5.41) is 5.52. The zero-order chi connectivity index (χ0) is 26.7. The highest BCUT2D eigenvalue weighted by atomic mass is 32.2. The van der Waals surface area contributed by atoms with E-state index in [0.717, 1.165) is 37.7 Å². The first kappa shape index (κ1) is 26.6. The maximum atomic E-state index is 13.4. The minimum Gasteiger partial charge on any atom is -0.353 e. The Bertz CT molecular complexity index is 1390. The number of hydrogen-bond donors (Lipinski definition) is 3. The lowest BCUT2D eigenvalue weighted by atomic mass is 10.1. The van der Waals surface area contributed by atoms with Crippen LogP contribution in [0.4, 0.5) is 46.3 Å². The topological polar surface area (TPSA) is 126 Å². The Kier molecular flexibility index (Phi) is 7.64. The van der Waals surface area contributed by atoms with Gasteiger partial charge in [0.15, 0.2) is 0 Å². The first-order valence-electron chi connectivity index (χ1n) is 9.94. The fourth-order valence-corrected chi connectivity index (χ4v) is 3.47. The van der Waals surface area contributed by atoms with E-state index in [4.69, 9.17) is 0 Å². The SMILES string of the molecule is CONC(=O)c1cnc(Nc2cccc(F)n2)cc1Nc1ccc(C(F)(F)F)cc1N(C)S(C)(=O)=O. The maximum absolute atomic E-state index is 13.4. The van der Waals surface area contributed by atoms with Crippen molar-refractivity contribution in [1.82, 2.24) is 15.4 Å². The summed E-state index contributed by atoms with van der Waals surface area (Å²) in [5.74, 6) is -1.33. The number of pyridine rings is 2. The van der Waals surface area contributed by atoms with Crippen LogP contribution >= 0.6 is 0 Å². The minimum atomic E-state index is -4.74. The van der Waals surface area contributed by atoms with Crippen LogP contribution in [0.2, 0.25) is 0 Å². The average Bonchev–Trinajstić information content (AvgIpc) is 2.78. The average molecular weight is 528 g/mol. The van der Waals surface area contributed by atoms with E-state index >= 15 is 0 Å². The molecule has 0 saturated carbocycles. The molecule has 3 rings (SSSR count). The molecule has 0 aliphatic heterocycles. The van der Waals surface area contributed by atoms with Crippen LogP contribution in [0.1, 0.15) is 15.9 Å². The van der Waals surface area contributed by atoms with Crippen molar-refractivity contribution in [2.45, 2.75) is 6.18 Å². The van der Waals surface area contributed by atoms with Gasteiger partial charge in [-0.2, -0.15) is 17.6 Å². The number of carbonyl (C=O) groups is 1. The fraction of sp³-hybridized carbons (Fsp3) is 0.190. The summed E-state index contributed by atoms with van der Waals surface area (Å²) in [7, 11) is -1.68. The molecule has 2 heterocycles. The molecule has 1 aromatic carbocycles. The van der Waals surface area contributed by atoms with E-state index in [2.05, 4.69) is 30.9 Å². The number of halogens is 4. The van der Waals surface area contributed by atoms with Gasteiger partial charge < -0.3 is 10.6 Å². The lowest BCUT2D eigenvalue weighted by Gasteiger charge is -2.23. The second-order valence-corrected chi connectivity index (χ2v) is 9.32. The van der Waals surface area contributed by atoms with Gasteiger partial charge in [0.1, 0.15) is 11.6 Å². The molecule has 0 atom stereocenters. The van der Waals surface area contributed by atoms with Crippen LogP contribution in [-0.2, 0) is 21.0 Å². The maximum Gasteiger partial charge on any atom is 0.416 e. The first-order chi connectivity index (χ1) is 16.8. The Balaban J connectivity index is 2.11. The largest absolute Gasteiger partial charge is 0.416 e. The highest BCUT2D eigenvalue weighted by Gasteiger charge is 2.32. The van der Waals surface area contributed by atoms with Crippen molar-refractivity contribution in [2.75, 3.05) is 35.4 Å². The number of nitrogens with zero attached hydrogens (tertiary/aromatic N) is 3. The highest BCUT2D eigenvalue weighted by Crippen LogP contribution is 2.38. The lowest BCUT2D eigenvalue weighted by molar-refractivity contribution is -0.137. The summed E-state index contributed by atoms with van der Waals surface area (Å²) in [4.78, 5) is 24.8. The Morgan fingerprint density at radius 2 is 1.78 bits per heavy atom. The number of aromatic nitrogens is 2. The fourth-order valence-electron chi connectivity index (χ4n) is 2.96. The van der Waals surface area contributed by atoms with E-state index in [0.29, 0.717) is 10.4 Å². The Morgan fingerprint density at radius 3 is 2.39 bits per heavy atom. The number of sulfonamides is 1. The second kappa shape index (κ2) is 10.3. The van der Waals surface area contributed by atoms with Crippen molar-refractivity contribution in [2.24, 2.45) is 0 Å². The molecular weight excluding hydrogens is 508 g/mol. The number of rotatable bonds is 8. The van der Waals surface area contributed by atoms with Gasteiger partial charge in [-0.1, -0.05) is 6.07 Å². The van der Waals surface area contributed by atoms with E-state index in [1.807, 2.05) is 0 Å². The van der Waals surface area contributed by atoms with Gasteiger partial charge >= 0.3 is 6.18 Å². The number of carbonyl (C=O) groups excluding carboxylic acids is 1. The predicted octanol–water partition coefficient (Wildman–Crippen LogP) is 3.81. The lowest BCUT2D eigenvalue weighted by Crippen LogP contribution is -2.26. The van der Waals surface area contributed by atoms with Gasteiger partial charge in [-0.15, -0.1) is 0 Å². The molecule has 3 aromatic rings. The van der Waals surface area contributed by atoms with Gasteiger partial charge in [0.25, 0.3) is 5.91 Å². The molecule has 10 nitrogen and oxygen atoms in total. The number of benzene rings is 1. The third kappa shape index (κ3) is 6.37. The van der Waals surface area contributed by atoms with Crippen molar-refractivity contribution in [3.63, 3.8) is 0 Å². The van der Waals surface area contributed by atoms with Gasteiger partial charge in [-0.05, 0) is 30.3 Å². The molecule has 3 N–H and O–H groups in total. The van der Waals surface area contributed by atoms with Crippen molar-refractivity contribution >= 4 is 44.6 Å². The zero-order valence-corrected chi connectivity index (χ0v) is 19.8. The number of alkyl halides is 3. The monoisotopic (exact) mass is 528 g/mol. The third-order valence-electron chi connectivity index (χ3n) is 4.75. The third-order valence-corrected chi connectivity index (χ3v) is 5.94. The molecule has 0 unspecified atom stereocenters. The smallest absolute Gasteiger partial charge is 0.353 e. The van der Waals surface area contributed by atoms with E-state index in [1.54, 1.807) is 0 Å². The van der Waals surface area contributed by atoms with Gasteiger partial charge in [-0.3, -0.25) is 13.9 Å². The predicted molar refractivity (Wildman–Crippen MR) is 124 cm³/mol. The standard InChI is InChI=1S/C21H20F4N6O4S/c1-31(36(3,33)34)16-9-12(21(23,24)25)7-8-14(16)27-15-10-19(26-11-13(15)20(32)30-35-2)29-18-6-4-5-17(22)28-18/h4-11H,1-3H3,(H,30,32)(H2,26,27,28,29). The summed E-state index contributed by atoms with van der Waals surface area (Å²) < 4.78 is 78.3. The molecule has 192 valence electrons. The molecule has 0 saturated heterocycles. The van der Waals surface area contributed by atoms with E-state index in [1.165, 1.54) is 25.3 Å². The van der Waals surface area contributed by atoms with Crippen LogP contribution in [0.3, 0.4) is 0 Å². The van der Waals surface area contributed by atoms with E-state index in [9.17, 15) is 30.8 Å². The summed E-state index contributed by atoms with van der Waals surface area (Å²) >= 11 is 0. The zero-order valence-electron chi connectivity index (χ0n) is 19.0. The van der Waals surface area contributed by atoms with Crippen molar-refractivity contribution in [3.8, 4) is 0 Å². The number of hydroxylamine groups is 1. The van der Waals surface area contributed by atoms with Gasteiger partial charge in [0.2, 0.25) is 16.0 Å². The van der Waals surface area contributed by atoms with Gasteiger partial charge in [0, 0.05) is 19.3 Å². The Hall–Kier alpha value is -3.98. The molecular formula is C21H20F4N6O4S. The quantitative estimate of drug-likeness (QED) is 0.229. The molecule has 1 amide bonds. The summed E-state index contributed by atoms with van der Waals surface area (Å²) in [6, 6.07) is 7.74. The Labute approximate surface area is 203 Å². The van der Waals surface area contributed by atoms with E-state index < -0.39 is 33.6 Å². The van der Waals surface area contributed by atoms with E-state index in [-0.39, 0.29) is 34.3 Å². The molecule has 15 heteroatoms.